The molecule has 3 unspecified atom stereocenters. The van der Waals surface area contributed by atoms with Crippen LogP contribution in [0.1, 0.15) is 58.6 Å². The number of hydrogen-bond acceptors (Lipinski definition) is 1. The lowest BCUT2D eigenvalue weighted by molar-refractivity contribution is 0.593. The number of fused-ring (bicyclic) bond motifs is 9. The molecule has 1 heteroatoms. The van der Waals surface area contributed by atoms with E-state index in [-0.39, 0.29) is 11.8 Å². The summed E-state index contributed by atoms with van der Waals surface area (Å²) < 4.78 is 0. The van der Waals surface area contributed by atoms with Crippen molar-refractivity contribution in [1.82, 2.24) is 0 Å². The molecular weight excluding hydrogens is 855 g/mol. The summed E-state index contributed by atoms with van der Waals surface area (Å²) in [6, 6.07) is 90.2. The normalized spacial score (nSPS) is 16.3. The molecule has 11 aromatic carbocycles. The van der Waals surface area contributed by atoms with Gasteiger partial charge in [0, 0.05) is 11.8 Å². The summed E-state index contributed by atoms with van der Waals surface area (Å²) in [5.74, 6) is 0.796. The first-order valence-corrected chi connectivity index (χ1v) is 25.4. The first-order chi connectivity index (χ1) is 35.1. The number of rotatable bonds is 9. The average molecular weight is 908 g/mol. The van der Waals surface area contributed by atoms with E-state index in [4.69, 9.17) is 4.99 Å². The Morgan fingerprint density at radius 1 is 0.408 bits per heavy atom. The maximum absolute atomic E-state index is 5.39. The Kier molecular flexibility index (Phi) is 10.9. The van der Waals surface area contributed by atoms with Crippen LogP contribution in [0.2, 0.25) is 0 Å². The van der Waals surface area contributed by atoms with Crippen LogP contribution >= 0.6 is 0 Å². The molecule has 13 rings (SSSR count). The molecule has 0 bridgehead atoms. The molecule has 1 aliphatic heterocycles. The SMILES string of the molecule is CCC1C(c2ccccc2)=NC(c2ccccc2)=CC1c1cccc(-c2ccc3c(c2)c2ccccc2c2cccc(-c4ccc5c(c4)-c4ccccc4CC5Cc4ccc(-c5ccccc5)cc4)c23)c1. The molecule has 1 heterocycles. The van der Waals surface area contributed by atoms with Gasteiger partial charge in [-0.2, -0.15) is 0 Å². The minimum atomic E-state index is 0.168. The molecular formula is C70H53N. The van der Waals surface area contributed by atoms with E-state index in [1.807, 2.05) is 0 Å². The van der Waals surface area contributed by atoms with Crippen molar-refractivity contribution in [3.05, 3.63) is 282 Å². The van der Waals surface area contributed by atoms with Crippen molar-refractivity contribution in [1.29, 1.82) is 0 Å². The smallest absolute Gasteiger partial charge is 0.0672 e. The van der Waals surface area contributed by atoms with E-state index in [0.717, 1.165) is 36.2 Å². The number of aliphatic imine (C=N–C) groups is 1. The van der Waals surface area contributed by atoms with Crippen molar-refractivity contribution in [2.24, 2.45) is 10.9 Å². The van der Waals surface area contributed by atoms with Crippen LogP contribution in [-0.2, 0) is 12.8 Å². The zero-order valence-corrected chi connectivity index (χ0v) is 40.0. The van der Waals surface area contributed by atoms with Gasteiger partial charge in [-0.05, 0) is 154 Å². The Hall–Kier alpha value is -8.39. The number of allylic oxidation sites excluding steroid dienone is 1. The van der Waals surface area contributed by atoms with Crippen molar-refractivity contribution in [3.63, 3.8) is 0 Å². The van der Waals surface area contributed by atoms with Crippen LogP contribution in [0.4, 0.5) is 0 Å². The lowest BCUT2D eigenvalue weighted by atomic mass is 9.75. The number of nitrogens with zero attached hydrogens (tertiary/aromatic N) is 1. The van der Waals surface area contributed by atoms with Gasteiger partial charge < -0.3 is 0 Å². The van der Waals surface area contributed by atoms with Crippen molar-refractivity contribution in [3.8, 4) is 44.5 Å². The van der Waals surface area contributed by atoms with Gasteiger partial charge in [0.05, 0.1) is 11.4 Å². The molecule has 0 radical (unpaired) electrons. The molecule has 0 aromatic heterocycles. The van der Waals surface area contributed by atoms with Gasteiger partial charge in [-0.15, -0.1) is 0 Å². The fourth-order valence-corrected chi connectivity index (χ4v) is 12.1. The Morgan fingerprint density at radius 2 is 0.986 bits per heavy atom. The first kappa shape index (κ1) is 42.7. The molecule has 0 amide bonds. The highest BCUT2D eigenvalue weighted by atomic mass is 14.8. The second kappa shape index (κ2) is 18.2. The molecule has 1 nitrogen and oxygen atoms in total. The van der Waals surface area contributed by atoms with Crippen LogP contribution in [0.25, 0.3) is 82.5 Å². The van der Waals surface area contributed by atoms with Gasteiger partial charge in [0.15, 0.2) is 0 Å². The highest BCUT2D eigenvalue weighted by molar-refractivity contribution is 6.29. The lowest BCUT2D eigenvalue weighted by Gasteiger charge is -2.31. The summed E-state index contributed by atoms with van der Waals surface area (Å²) in [4.78, 5) is 5.39. The predicted octanol–water partition coefficient (Wildman–Crippen LogP) is 18.4. The Balaban J connectivity index is 0.903. The number of hydrogen-bond donors (Lipinski definition) is 0. The van der Waals surface area contributed by atoms with Gasteiger partial charge in [-0.25, -0.2) is 0 Å². The van der Waals surface area contributed by atoms with Gasteiger partial charge >= 0.3 is 0 Å². The maximum atomic E-state index is 5.39. The fourth-order valence-electron chi connectivity index (χ4n) is 12.1. The fraction of sp³-hybridized carbons (Fsp3) is 0.100. The largest absolute Gasteiger partial charge is 0.252 e. The summed E-state index contributed by atoms with van der Waals surface area (Å²) in [5, 5.41) is 7.71. The van der Waals surface area contributed by atoms with Crippen LogP contribution in [0.15, 0.2) is 254 Å². The topological polar surface area (TPSA) is 12.4 Å². The summed E-state index contributed by atoms with van der Waals surface area (Å²) in [5.41, 5.74) is 20.3. The summed E-state index contributed by atoms with van der Waals surface area (Å²) >= 11 is 0. The molecule has 2 aliphatic rings. The molecule has 0 spiro atoms. The van der Waals surface area contributed by atoms with Crippen LogP contribution in [0.5, 0.6) is 0 Å². The van der Waals surface area contributed by atoms with Crippen LogP contribution in [0.3, 0.4) is 0 Å². The molecule has 0 fully saturated rings. The first-order valence-electron chi connectivity index (χ1n) is 25.4. The molecule has 338 valence electrons. The van der Waals surface area contributed by atoms with Crippen LogP contribution < -0.4 is 0 Å². The van der Waals surface area contributed by atoms with E-state index in [2.05, 4.69) is 256 Å². The van der Waals surface area contributed by atoms with E-state index in [0.29, 0.717) is 5.92 Å². The Morgan fingerprint density at radius 3 is 1.76 bits per heavy atom. The zero-order valence-electron chi connectivity index (χ0n) is 40.0. The molecule has 71 heavy (non-hydrogen) atoms. The Bertz CT molecular complexity index is 3840. The van der Waals surface area contributed by atoms with Gasteiger partial charge in [0.1, 0.15) is 0 Å². The predicted molar refractivity (Wildman–Crippen MR) is 301 cm³/mol. The summed E-state index contributed by atoms with van der Waals surface area (Å²) in [6.45, 7) is 2.31. The lowest BCUT2D eigenvalue weighted by Crippen LogP contribution is -2.25. The summed E-state index contributed by atoms with van der Waals surface area (Å²) in [6.07, 6.45) is 5.44. The Labute approximate surface area is 417 Å². The molecule has 11 aromatic rings. The van der Waals surface area contributed by atoms with E-state index in [1.54, 1.807) is 0 Å². The van der Waals surface area contributed by atoms with Gasteiger partial charge in [0.25, 0.3) is 0 Å². The molecule has 0 saturated heterocycles. The molecule has 0 saturated carbocycles. The number of benzene rings is 11. The third-order valence-corrected chi connectivity index (χ3v) is 15.5. The van der Waals surface area contributed by atoms with Gasteiger partial charge in [-0.1, -0.05) is 237 Å². The monoisotopic (exact) mass is 907 g/mol. The zero-order chi connectivity index (χ0) is 47.3. The van der Waals surface area contributed by atoms with Gasteiger partial charge in [-0.3, -0.25) is 4.99 Å². The van der Waals surface area contributed by atoms with Crippen molar-refractivity contribution < 1.29 is 0 Å². The van der Waals surface area contributed by atoms with Crippen molar-refractivity contribution >= 4 is 43.7 Å². The highest BCUT2D eigenvalue weighted by Crippen LogP contribution is 2.47. The molecule has 1 aliphatic carbocycles. The summed E-state index contributed by atoms with van der Waals surface area (Å²) in [7, 11) is 0. The van der Waals surface area contributed by atoms with E-state index in [9.17, 15) is 0 Å². The van der Waals surface area contributed by atoms with E-state index < -0.39 is 0 Å². The second-order valence-corrected chi connectivity index (χ2v) is 19.6. The third-order valence-electron chi connectivity index (χ3n) is 15.5. The average Bonchev–Trinajstić information content (AvgIpc) is 3.45. The minimum Gasteiger partial charge on any atom is -0.252 e. The molecule has 0 N–H and O–H groups in total. The quantitative estimate of drug-likeness (QED) is 0.128. The van der Waals surface area contributed by atoms with Crippen molar-refractivity contribution in [2.45, 2.75) is 38.0 Å². The van der Waals surface area contributed by atoms with E-state index >= 15 is 0 Å². The standard InChI is InChI=1S/C70H53N/c1-2-57-65(45-68(49-20-8-4-9-21-49)71-70(57)50-22-10-5-11-23-50)54-26-16-25-51(41-54)52-36-39-64-67(43-52)62-29-15-14-28-61(62)63-31-17-30-60(69(63)64)55-37-38-59-56(42-53-24-12-13-27-58(53)66(59)44-55)40-46-32-34-48(35-33-46)47-18-6-3-7-19-47/h3-39,41,43-45,56-57,65H,2,40,42H2,1H3. The second-order valence-electron chi connectivity index (χ2n) is 19.6. The van der Waals surface area contributed by atoms with Gasteiger partial charge in [0.2, 0.25) is 0 Å². The van der Waals surface area contributed by atoms with Crippen molar-refractivity contribution in [2.75, 3.05) is 0 Å². The minimum absolute atomic E-state index is 0.168. The third kappa shape index (κ3) is 7.79. The van der Waals surface area contributed by atoms with E-state index in [1.165, 1.54) is 105 Å². The molecule has 3 atom stereocenters. The maximum Gasteiger partial charge on any atom is 0.0672 e. The van der Waals surface area contributed by atoms with Crippen LogP contribution in [-0.4, -0.2) is 5.71 Å². The highest BCUT2D eigenvalue weighted by Gasteiger charge is 2.31. The van der Waals surface area contributed by atoms with Crippen LogP contribution in [0, 0.1) is 5.92 Å².